The largest absolute Gasteiger partial charge is 0.351 e. The van der Waals surface area contributed by atoms with Crippen LogP contribution < -0.4 is 11.1 Å². The Bertz CT molecular complexity index is 629. The Morgan fingerprint density at radius 1 is 1.35 bits per heavy atom. The van der Waals surface area contributed by atoms with E-state index in [4.69, 9.17) is 10.8 Å². The second-order valence-electron chi connectivity index (χ2n) is 5.22. The minimum Gasteiger partial charge on any atom is -0.351 e. The lowest BCUT2D eigenvalue weighted by molar-refractivity contribution is 0.259. The van der Waals surface area contributed by atoms with Crippen LogP contribution in [0.15, 0.2) is 30.3 Å². The molecule has 3 rings (SSSR count). The van der Waals surface area contributed by atoms with Crippen molar-refractivity contribution in [3.05, 3.63) is 41.6 Å². The van der Waals surface area contributed by atoms with Crippen LogP contribution in [-0.2, 0) is 0 Å². The van der Waals surface area contributed by atoms with Crippen LogP contribution in [0.1, 0.15) is 36.4 Å². The third-order valence-electron chi connectivity index (χ3n) is 3.89. The summed E-state index contributed by atoms with van der Waals surface area (Å²) in [6.45, 7) is 1.99. The molecule has 0 radical (unpaired) electrons. The molecule has 0 saturated heterocycles. The molecule has 20 heavy (non-hydrogen) atoms. The van der Waals surface area contributed by atoms with Crippen LogP contribution in [-0.4, -0.2) is 15.8 Å². The molecule has 0 spiro atoms. The van der Waals surface area contributed by atoms with Gasteiger partial charge in [-0.25, -0.2) is 9.48 Å². The lowest BCUT2D eigenvalue weighted by atomic mass is 9.82. The number of nitrogens with zero attached hydrogens (tertiary/aromatic N) is 2. The van der Waals surface area contributed by atoms with Crippen LogP contribution in [0, 0.1) is 6.92 Å². The summed E-state index contributed by atoms with van der Waals surface area (Å²) in [5.41, 5.74) is 8.29. The number of carbonyl (C=O) groups is 1. The lowest BCUT2D eigenvalue weighted by Gasteiger charge is -2.23. The van der Waals surface area contributed by atoms with Gasteiger partial charge in [-0.05, 0) is 31.9 Å². The summed E-state index contributed by atoms with van der Waals surface area (Å²) in [5.74, 6) is 1.18. The predicted molar refractivity (Wildman–Crippen MR) is 78.1 cm³/mol. The van der Waals surface area contributed by atoms with Gasteiger partial charge < -0.3 is 5.73 Å². The standard InChI is InChI=1S/C15H18N4O/c1-10-13(11-6-5-7-11)18-19(14(10)17-15(16)20)12-8-3-2-4-9-12/h2-4,8-9,11H,5-7H2,1H3,(H3,16,17,20). The summed E-state index contributed by atoms with van der Waals surface area (Å²) in [7, 11) is 0. The molecule has 1 heterocycles. The number of hydrogen-bond donors (Lipinski definition) is 2. The fourth-order valence-electron chi connectivity index (χ4n) is 2.60. The molecule has 0 aliphatic heterocycles. The zero-order valence-corrected chi connectivity index (χ0v) is 11.5. The number of amides is 2. The molecule has 0 bridgehead atoms. The predicted octanol–water partition coefficient (Wildman–Crippen LogP) is 2.94. The number of primary amides is 1. The number of nitrogens with one attached hydrogen (secondary N) is 1. The molecule has 1 aromatic heterocycles. The maximum Gasteiger partial charge on any atom is 0.317 e. The lowest BCUT2D eigenvalue weighted by Crippen LogP contribution is -2.21. The van der Waals surface area contributed by atoms with Gasteiger partial charge in [-0.1, -0.05) is 24.6 Å². The fraction of sp³-hybridized carbons (Fsp3) is 0.333. The number of benzene rings is 1. The Morgan fingerprint density at radius 2 is 2.05 bits per heavy atom. The number of urea groups is 1. The minimum absolute atomic E-state index is 0.508. The van der Waals surface area contributed by atoms with Gasteiger partial charge in [-0.15, -0.1) is 0 Å². The van der Waals surface area contributed by atoms with Gasteiger partial charge in [0.2, 0.25) is 0 Å². The zero-order valence-electron chi connectivity index (χ0n) is 11.5. The Labute approximate surface area is 117 Å². The van der Waals surface area contributed by atoms with Gasteiger partial charge in [-0.2, -0.15) is 5.10 Å². The number of rotatable bonds is 3. The van der Waals surface area contributed by atoms with Crippen molar-refractivity contribution in [1.82, 2.24) is 9.78 Å². The van der Waals surface area contributed by atoms with Crippen LogP contribution in [0.2, 0.25) is 0 Å². The van der Waals surface area contributed by atoms with Crippen LogP contribution >= 0.6 is 0 Å². The second kappa shape index (κ2) is 5.00. The smallest absolute Gasteiger partial charge is 0.317 e. The third kappa shape index (κ3) is 2.15. The summed E-state index contributed by atoms with van der Waals surface area (Å²) in [6.07, 6.45) is 3.59. The number of nitrogens with two attached hydrogens (primary N) is 1. The van der Waals surface area contributed by atoms with Crippen molar-refractivity contribution in [1.29, 1.82) is 0 Å². The van der Waals surface area contributed by atoms with E-state index in [1.54, 1.807) is 4.68 Å². The molecule has 5 heteroatoms. The summed E-state index contributed by atoms with van der Waals surface area (Å²) >= 11 is 0. The molecule has 1 aliphatic rings. The average molecular weight is 270 g/mol. The van der Waals surface area contributed by atoms with E-state index in [1.807, 2.05) is 37.3 Å². The van der Waals surface area contributed by atoms with E-state index in [-0.39, 0.29) is 0 Å². The molecule has 2 aromatic rings. The number of para-hydroxylation sites is 1. The average Bonchev–Trinajstić information content (AvgIpc) is 2.67. The number of anilines is 1. The maximum atomic E-state index is 11.2. The van der Waals surface area contributed by atoms with E-state index >= 15 is 0 Å². The zero-order chi connectivity index (χ0) is 14.1. The van der Waals surface area contributed by atoms with Crippen LogP contribution in [0.3, 0.4) is 0 Å². The molecule has 3 N–H and O–H groups in total. The first-order valence-electron chi connectivity index (χ1n) is 6.88. The normalized spacial score (nSPS) is 14.8. The highest BCUT2D eigenvalue weighted by Crippen LogP contribution is 2.39. The van der Waals surface area contributed by atoms with Crippen LogP contribution in [0.4, 0.5) is 10.6 Å². The first-order chi connectivity index (χ1) is 9.66. The van der Waals surface area contributed by atoms with E-state index in [1.165, 1.54) is 19.3 Å². The molecule has 104 valence electrons. The molecule has 0 atom stereocenters. The van der Waals surface area contributed by atoms with Gasteiger partial charge in [0.15, 0.2) is 0 Å². The third-order valence-corrected chi connectivity index (χ3v) is 3.89. The quantitative estimate of drug-likeness (QED) is 0.900. The van der Waals surface area contributed by atoms with Gasteiger partial charge in [0.25, 0.3) is 0 Å². The van der Waals surface area contributed by atoms with Crippen molar-refractivity contribution in [2.24, 2.45) is 5.73 Å². The maximum absolute atomic E-state index is 11.2. The van der Waals surface area contributed by atoms with E-state index in [0.29, 0.717) is 11.7 Å². The molecule has 2 amide bonds. The van der Waals surface area contributed by atoms with Crippen molar-refractivity contribution in [3.63, 3.8) is 0 Å². The second-order valence-corrected chi connectivity index (χ2v) is 5.22. The van der Waals surface area contributed by atoms with Gasteiger partial charge in [0.1, 0.15) is 5.82 Å². The summed E-state index contributed by atoms with van der Waals surface area (Å²) < 4.78 is 1.77. The highest BCUT2D eigenvalue weighted by molar-refractivity contribution is 5.88. The summed E-state index contributed by atoms with van der Waals surface area (Å²) in [4.78, 5) is 11.2. The van der Waals surface area contributed by atoms with Gasteiger partial charge >= 0.3 is 6.03 Å². The highest BCUT2D eigenvalue weighted by atomic mass is 16.2. The highest BCUT2D eigenvalue weighted by Gasteiger charge is 2.27. The molecule has 1 aliphatic carbocycles. The van der Waals surface area contributed by atoms with E-state index in [0.717, 1.165) is 16.9 Å². The van der Waals surface area contributed by atoms with Crippen molar-refractivity contribution in [3.8, 4) is 5.69 Å². The van der Waals surface area contributed by atoms with Crippen molar-refractivity contribution < 1.29 is 4.79 Å². The molecular weight excluding hydrogens is 252 g/mol. The molecule has 5 nitrogen and oxygen atoms in total. The van der Waals surface area contributed by atoms with Crippen molar-refractivity contribution in [2.45, 2.75) is 32.1 Å². The van der Waals surface area contributed by atoms with Gasteiger partial charge in [0.05, 0.1) is 11.4 Å². The SMILES string of the molecule is Cc1c(C2CCC2)nn(-c2ccccc2)c1NC(N)=O. The van der Waals surface area contributed by atoms with Crippen LogP contribution in [0.5, 0.6) is 0 Å². The first-order valence-corrected chi connectivity index (χ1v) is 6.88. The topological polar surface area (TPSA) is 72.9 Å². The molecule has 1 aromatic carbocycles. The van der Waals surface area contributed by atoms with E-state index < -0.39 is 6.03 Å². The minimum atomic E-state index is -0.564. The van der Waals surface area contributed by atoms with E-state index in [2.05, 4.69) is 5.32 Å². The Hall–Kier alpha value is -2.30. The molecule has 1 saturated carbocycles. The Morgan fingerprint density at radius 3 is 2.60 bits per heavy atom. The molecular formula is C15H18N4O. The van der Waals surface area contributed by atoms with Crippen molar-refractivity contribution >= 4 is 11.8 Å². The summed E-state index contributed by atoms with van der Waals surface area (Å²) in [5, 5.41) is 7.40. The van der Waals surface area contributed by atoms with Gasteiger partial charge in [-0.3, -0.25) is 5.32 Å². The van der Waals surface area contributed by atoms with Crippen molar-refractivity contribution in [2.75, 3.05) is 5.32 Å². The van der Waals surface area contributed by atoms with Gasteiger partial charge in [0, 0.05) is 11.5 Å². The number of aromatic nitrogens is 2. The first kappa shape index (κ1) is 12.7. The molecule has 1 fully saturated rings. The monoisotopic (exact) mass is 270 g/mol. The van der Waals surface area contributed by atoms with E-state index in [9.17, 15) is 4.79 Å². The molecule has 0 unspecified atom stereocenters. The van der Waals surface area contributed by atoms with Crippen LogP contribution in [0.25, 0.3) is 5.69 Å². The number of carbonyl (C=O) groups excluding carboxylic acids is 1. The number of hydrogen-bond acceptors (Lipinski definition) is 2. The Kier molecular flexibility index (Phi) is 3.18. The summed E-state index contributed by atoms with van der Waals surface area (Å²) in [6, 6.07) is 9.21. The Balaban J connectivity index is 2.09. The fourth-order valence-corrected chi connectivity index (χ4v) is 2.60.